The molecule has 3 rings (SSSR count). The van der Waals surface area contributed by atoms with E-state index in [0.29, 0.717) is 0 Å². The van der Waals surface area contributed by atoms with Crippen molar-refractivity contribution in [3.05, 3.63) is 24.3 Å². The maximum atomic E-state index is 4.62. The molecule has 0 spiro atoms. The van der Waals surface area contributed by atoms with Crippen molar-refractivity contribution < 1.29 is 0 Å². The van der Waals surface area contributed by atoms with Gasteiger partial charge in [0.05, 0.1) is 11.0 Å². The Morgan fingerprint density at radius 2 is 2.00 bits per heavy atom. The topological polar surface area (TPSA) is 44.0 Å². The summed E-state index contributed by atoms with van der Waals surface area (Å²) in [6, 6.07) is 8.18. The van der Waals surface area contributed by atoms with Gasteiger partial charge in [0, 0.05) is 19.6 Å². The molecule has 2 aromatic rings. The molecule has 4 nitrogen and oxygen atoms in total. The van der Waals surface area contributed by atoms with Gasteiger partial charge in [-0.2, -0.15) is 0 Å². The molecule has 0 radical (unpaired) electrons. The number of nitrogens with one attached hydrogen (secondary N) is 2. The second kappa shape index (κ2) is 5.68. The average molecular weight is 344 g/mol. The maximum absolute atomic E-state index is 4.62. The molecule has 0 atom stereocenters. The number of aromatic nitrogens is 2. The zero-order chi connectivity index (χ0) is 10.8. The van der Waals surface area contributed by atoms with Crippen LogP contribution in [0.4, 0.5) is 5.95 Å². The van der Waals surface area contributed by atoms with E-state index in [1.165, 1.54) is 6.42 Å². The van der Waals surface area contributed by atoms with E-state index in [1.54, 1.807) is 0 Å². The predicted octanol–water partition coefficient (Wildman–Crippen LogP) is 1.98. The number of rotatable bonds is 1. The van der Waals surface area contributed by atoms with Gasteiger partial charge in [0.2, 0.25) is 5.95 Å². The number of imidazole rings is 1. The summed E-state index contributed by atoms with van der Waals surface area (Å²) in [5.74, 6) is 1.00. The van der Waals surface area contributed by atoms with Crippen molar-refractivity contribution >= 4 is 41.0 Å². The molecule has 92 valence electrons. The normalized spacial score (nSPS) is 16.6. The summed E-state index contributed by atoms with van der Waals surface area (Å²) in [5.41, 5.74) is 2.17. The number of hydrogen-bond donors (Lipinski definition) is 2. The van der Waals surface area contributed by atoms with Crippen molar-refractivity contribution in [2.24, 2.45) is 0 Å². The Kier molecular flexibility index (Phi) is 4.22. The molecule has 1 fully saturated rings. The van der Waals surface area contributed by atoms with Gasteiger partial charge in [0.25, 0.3) is 0 Å². The summed E-state index contributed by atoms with van der Waals surface area (Å²) < 4.78 is 0. The first-order valence-electron chi connectivity index (χ1n) is 5.84. The van der Waals surface area contributed by atoms with Crippen LogP contribution in [0, 0.1) is 0 Å². The van der Waals surface area contributed by atoms with E-state index in [1.807, 2.05) is 18.2 Å². The molecule has 0 amide bonds. The fourth-order valence-electron chi connectivity index (χ4n) is 2.15. The second-order valence-corrected chi connectivity index (χ2v) is 4.17. The molecule has 0 unspecified atom stereocenters. The largest absolute Gasteiger partial charge is 0.341 e. The summed E-state index contributed by atoms with van der Waals surface area (Å²) in [7, 11) is 0. The van der Waals surface area contributed by atoms with Gasteiger partial charge in [-0.05, 0) is 25.1 Å². The van der Waals surface area contributed by atoms with Crippen molar-refractivity contribution in [2.75, 3.05) is 31.1 Å². The first-order valence-corrected chi connectivity index (χ1v) is 5.84. The summed E-state index contributed by atoms with van der Waals surface area (Å²) >= 11 is 0. The first kappa shape index (κ1) is 12.6. The van der Waals surface area contributed by atoms with Gasteiger partial charge in [-0.3, -0.25) is 0 Å². The van der Waals surface area contributed by atoms with Gasteiger partial charge in [0.15, 0.2) is 0 Å². The Labute approximate surface area is 118 Å². The number of anilines is 1. The van der Waals surface area contributed by atoms with Crippen LogP contribution in [-0.4, -0.2) is 36.1 Å². The molecular weight excluding hydrogens is 327 g/mol. The third kappa shape index (κ3) is 2.71. The van der Waals surface area contributed by atoms with Crippen LogP contribution in [-0.2, 0) is 0 Å². The van der Waals surface area contributed by atoms with Crippen molar-refractivity contribution in [3.63, 3.8) is 0 Å². The zero-order valence-corrected chi connectivity index (χ0v) is 12.0. The van der Waals surface area contributed by atoms with Crippen LogP contribution in [0.3, 0.4) is 0 Å². The molecule has 1 saturated heterocycles. The monoisotopic (exact) mass is 344 g/mol. The highest BCUT2D eigenvalue weighted by Gasteiger charge is 2.12. The van der Waals surface area contributed by atoms with Crippen molar-refractivity contribution in [1.82, 2.24) is 15.3 Å². The highest BCUT2D eigenvalue weighted by atomic mass is 127. The molecule has 1 aliphatic rings. The Balaban J connectivity index is 0.00000108. The highest BCUT2D eigenvalue weighted by Crippen LogP contribution is 2.17. The molecule has 0 bridgehead atoms. The Bertz CT molecular complexity index is 441. The van der Waals surface area contributed by atoms with E-state index in [9.17, 15) is 0 Å². The minimum absolute atomic E-state index is 0. The van der Waals surface area contributed by atoms with Gasteiger partial charge >= 0.3 is 0 Å². The summed E-state index contributed by atoms with van der Waals surface area (Å²) in [6.45, 7) is 4.25. The molecule has 1 aromatic carbocycles. The van der Waals surface area contributed by atoms with Crippen LogP contribution in [0.2, 0.25) is 0 Å². The Morgan fingerprint density at radius 3 is 2.88 bits per heavy atom. The van der Waals surface area contributed by atoms with Crippen molar-refractivity contribution in [2.45, 2.75) is 6.42 Å². The summed E-state index contributed by atoms with van der Waals surface area (Å²) in [4.78, 5) is 10.3. The number of para-hydroxylation sites is 2. The minimum atomic E-state index is 0. The molecule has 17 heavy (non-hydrogen) atoms. The Hall–Kier alpha value is -0.820. The maximum Gasteiger partial charge on any atom is 0.203 e. The first-order chi connectivity index (χ1) is 7.93. The third-order valence-corrected chi connectivity index (χ3v) is 3.02. The number of fused-ring (bicyclic) bond motifs is 1. The van der Waals surface area contributed by atoms with Crippen LogP contribution in [0.15, 0.2) is 24.3 Å². The number of H-pyrrole nitrogens is 1. The van der Waals surface area contributed by atoms with Gasteiger partial charge < -0.3 is 15.2 Å². The lowest BCUT2D eigenvalue weighted by atomic mass is 10.3. The molecule has 1 aromatic heterocycles. The van der Waals surface area contributed by atoms with Crippen LogP contribution in [0.5, 0.6) is 0 Å². The van der Waals surface area contributed by atoms with E-state index in [-0.39, 0.29) is 24.0 Å². The summed E-state index contributed by atoms with van der Waals surface area (Å²) in [6.07, 6.45) is 1.18. The van der Waals surface area contributed by atoms with Crippen LogP contribution < -0.4 is 10.2 Å². The van der Waals surface area contributed by atoms with Crippen LogP contribution >= 0.6 is 24.0 Å². The minimum Gasteiger partial charge on any atom is -0.341 e. The third-order valence-electron chi connectivity index (χ3n) is 3.02. The average Bonchev–Trinajstić information content (AvgIpc) is 2.56. The number of aromatic amines is 1. The number of halogens is 1. The SMILES string of the molecule is I.c1ccc2[nH]c(N3CCCNCC3)nc2c1. The Morgan fingerprint density at radius 1 is 1.12 bits per heavy atom. The zero-order valence-electron chi connectivity index (χ0n) is 9.65. The predicted molar refractivity (Wildman–Crippen MR) is 81.2 cm³/mol. The van der Waals surface area contributed by atoms with Gasteiger partial charge in [0.1, 0.15) is 0 Å². The van der Waals surface area contributed by atoms with E-state index < -0.39 is 0 Å². The summed E-state index contributed by atoms with van der Waals surface area (Å²) in [5, 5.41) is 3.40. The number of benzene rings is 1. The van der Waals surface area contributed by atoms with E-state index in [4.69, 9.17) is 0 Å². The van der Waals surface area contributed by atoms with Gasteiger partial charge in [-0.1, -0.05) is 12.1 Å². The molecule has 1 aliphatic heterocycles. The molecule has 2 N–H and O–H groups in total. The standard InChI is InChI=1S/C12H16N4.HI/c1-2-5-11-10(4-1)14-12(15-11)16-8-3-6-13-7-9-16;/h1-2,4-5,13H,3,6-9H2,(H,14,15);1H. The van der Waals surface area contributed by atoms with Crippen LogP contribution in [0.1, 0.15) is 6.42 Å². The number of nitrogens with zero attached hydrogens (tertiary/aromatic N) is 2. The molecule has 5 heteroatoms. The highest BCUT2D eigenvalue weighted by molar-refractivity contribution is 14.0. The smallest absolute Gasteiger partial charge is 0.203 e. The van der Waals surface area contributed by atoms with Gasteiger partial charge in [-0.15, -0.1) is 24.0 Å². The lowest BCUT2D eigenvalue weighted by Crippen LogP contribution is -2.28. The second-order valence-electron chi connectivity index (χ2n) is 4.17. The fraction of sp³-hybridized carbons (Fsp3) is 0.417. The van der Waals surface area contributed by atoms with Gasteiger partial charge in [-0.25, -0.2) is 4.98 Å². The molecule has 0 saturated carbocycles. The van der Waals surface area contributed by atoms with Crippen molar-refractivity contribution in [1.29, 1.82) is 0 Å². The van der Waals surface area contributed by atoms with E-state index >= 15 is 0 Å². The van der Waals surface area contributed by atoms with Crippen LogP contribution in [0.25, 0.3) is 11.0 Å². The number of hydrogen-bond acceptors (Lipinski definition) is 3. The van der Waals surface area contributed by atoms with E-state index in [0.717, 1.165) is 43.2 Å². The quantitative estimate of drug-likeness (QED) is 0.778. The lowest BCUT2D eigenvalue weighted by Gasteiger charge is -2.18. The molecule has 0 aliphatic carbocycles. The molecule has 2 heterocycles. The van der Waals surface area contributed by atoms with E-state index in [2.05, 4.69) is 26.3 Å². The lowest BCUT2D eigenvalue weighted by molar-refractivity contribution is 0.724. The van der Waals surface area contributed by atoms with Crippen molar-refractivity contribution in [3.8, 4) is 0 Å². The fourth-order valence-corrected chi connectivity index (χ4v) is 2.15. The molecular formula is C12H17IN4.